The van der Waals surface area contributed by atoms with Crippen LogP contribution in [0.4, 0.5) is 8.78 Å². The van der Waals surface area contributed by atoms with Crippen LogP contribution in [0.5, 0.6) is 0 Å². The van der Waals surface area contributed by atoms with Gasteiger partial charge < -0.3 is 19.0 Å². The highest BCUT2D eigenvalue weighted by Gasteiger charge is 2.32. The molecule has 1 aromatic carbocycles. The van der Waals surface area contributed by atoms with Gasteiger partial charge in [-0.25, -0.2) is 8.78 Å². The number of ether oxygens (including phenoxy) is 1. The molecule has 152 valence electrons. The first kappa shape index (κ1) is 18.5. The summed E-state index contributed by atoms with van der Waals surface area (Å²) in [6.45, 7) is 0.286. The minimum atomic E-state index is -1.10. The molecule has 0 unspecified atom stereocenters. The molecule has 0 bridgehead atoms. The molecule has 8 heteroatoms. The number of carbonyl (C=O) groups is 1. The van der Waals surface area contributed by atoms with Crippen LogP contribution in [0.2, 0.25) is 0 Å². The maximum Gasteiger partial charge on any atom is 0.256 e. The van der Waals surface area contributed by atoms with Gasteiger partial charge >= 0.3 is 0 Å². The Kier molecular flexibility index (Phi) is 4.18. The van der Waals surface area contributed by atoms with Crippen molar-refractivity contribution >= 4 is 22.2 Å². The number of nitrogens with zero attached hydrogens (tertiary/aromatic N) is 2. The SMILES string of the molecule is CN(C(=O)c1ccn2ccccc12)[C@@H]1COCc2[nH]c(=O)c3cc(F)c(F)cc3c21. The lowest BCUT2D eigenvalue weighted by Crippen LogP contribution is -2.37. The summed E-state index contributed by atoms with van der Waals surface area (Å²) < 4.78 is 35.2. The molecule has 4 heterocycles. The Morgan fingerprint density at radius 1 is 1.17 bits per heavy atom. The van der Waals surface area contributed by atoms with Crippen LogP contribution < -0.4 is 5.56 Å². The van der Waals surface area contributed by atoms with E-state index in [1.165, 1.54) is 4.90 Å². The Hall–Kier alpha value is -3.52. The number of hydrogen-bond donors (Lipinski definition) is 1. The van der Waals surface area contributed by atoms with Crippen molar-refractivity contribution < 1.29 is 18.3 Å². The number of H-pyrrole nitrogens is 1. The summed E-state index contributed by atoms with van der Waals surface area (Å²) in [6, 6.07) is 8.62. The van der Waals surface area contributed by atoms with Gasteiger partial charge in [-0.3, -0.25) is 9.59 Å². The average molecular weight is 409 g/mol. The van der Waals surface area contributed by atoms with Crippen LogP contribution in [0.25, 0.3) is 16.3 Å². The second-order valence-corrected chi connectivity index (χ2v) is 7.33. The molecule has 5 rings (SSSR count). The van der Waals surface area contributed by atoms with E-state index >= 15 is 0 Å². The number of fused-ring (bicyclic) bond motifs is 4. The van der Waals surface area contributed by atoms with Crippen LogP contribution in [-0.2, 0) is 11.3 Å². The van der Waals surface area contributed by atoms with Gasteiger partial charge in [-0.1, -0.05) is 6.07 Å². The van der Waals surface area contributed by atoms with Crippen molar-refractivity contribution in [2.75, 3.05) is 13.7 Å². The number of aromatic amines is 1. The van der Waals surface area contributed by atoms with Crippen LogP contribution in [-0.4, -0.2) is 33.8 Å². The molecule has 1 aliphatic heterocycles. The molecule has 1 aliphatic rings. The summed E-state index contributed by atoms with van der Waals surface area (Å²) >= 11 is 0. The summed E-state index contributed by atoms with van der Waals surface area (Å²) in [4.78, 5) is 29.9. The first-order valence-corrected chi connectivity index (χ1v) is 9.40. The van der Waals surface area contributed by atoms with E-state index in [1.54, 1.807) is 19.3 Å². The highest BCUT2D eigenvalue weighted by molar-refractivity contribution is 6.01. The predicted octanol–water partition coefficient (Wildman–Crippen LogP) is 3.40. The fourth-order valence-electron chi connectivity index (χ4n) is 4.11. The molecule has 1 atom stereocenters. The molecule has 1 N–H and O–H groups in total. The Bertz CT molecular complexity index is 1380. The minimum Gasteiger partial charge on any atom is -0.373 e. The van der Waals surface area contributed by atoms with Crippen LogP contribution >= 0.6 is 0 Å². The molecule has 6 nitrogen and oxygen atoms in total. The van der Waals surface area contributed by atoms with E-state index in [4.69, 9.17) is 4.74 Å². The van der Waals surface area contributed by atoms with Crippen LogP contribution in [0.1, 0.15) is 27.7 Å². The number of pyridine rings is 2. The number of carbonyl (C=O) groups excluding carboxylic acids is 1. The summed E-state index contributed by atoms with van der Waals surface area (Å²) in [5, 5.41) is 0.317. The molecule has 0 saturated carbocycles. The molecular formula is C22H17F2N3O3. The van der Waals surface area contributed by atoms with E-state index in [9.17, 15) is 18.4 Å². The first-order chi connectivity index (χ1) is 14.5. The van der Waals surface area contributed by atoms with Gasteiger partial charge in [0.05, 0.1) is 35.7 Å². The zero-order chi connectivity index (χ0) is 21.0. The second-order valence-electron chi connectivity index (χ2n) is 7.33. The molecule has 0 aliphatic carbocycles. The number of rotatable bonds is 2. The molecular weight excluding hydrogens is 392 g/mol. The number of nitrogens with one attached hydrogen (secondary N) is 1. The third kappa shape index (κ3) is 2.72. The van der Waals surface area contributed by atoms with Gasteiger partial charge in [-0.15, -0.1) is 0 Å². The maximum absolute atomic E-state index is 14.0. The summed E-state index contributed by atoms with van der Waals surface area (Å²) in [7, 11) is 1.63. The largest absolute Gasteiger partial charge is 0.373 e. The van der Waals surface area contributed by atoms with Crippen LogP contribution in [0, 0.1) is 11.6 Å². The molecule has 0 radical (unpaired) electrons. The maximum atomic E-state index is 14.0. The highest BCUT2D eigenvalue weighted by atomic mass is 19.2. The van der Waals surface area contributed by atoms with Crippen LogP contribution in [0.3, 0.4) is 0 Å². The Morgan fingerprint density at radius 2 is 1.93 bits per heavy atom. The lowest BCUT2D eigenvalue weighted by molar-refractivity contribution is 0.0337. The third-order valence-electron chi connectivity index (χ3n) is 5.63. The number of aromatic nitrogens is 2. The number of likely N-dealkylation sites (N-methyl/N-ethyl adjacent to an activating group) is 1. The summed E-state index contributed by atoms with van der Waals surface area (Å²) in [6.07, 6.45) is 3.65. The smallest absolute Gasteiger partial charge is 0.256 e. The number of benzene rings is 1. The van der Waals surface area contributed by atoms with Crippen molar-refractivity contribution in [2.45, 2.75) is 12.6 Å². The Morgan fingerprint density at radius 3 is 2.73 bits per heavy atom. The van der Waals surface area contributed by atoms with Crippen molar-refractivity contribution in [3.8, 4) is 0 Å². The van der Waals surface area contributed by atoms with E-state index in [1.807, 2.05) is 28.8 Å². The number of amides is 1. The number of hydrogen-bond acceptors (Lipinski definition) is 3. The van der Waals surface area contributed by atoms with Crippen molar-refractivity contribution in [2.24, 2.45) is 0 Å². The van der Waals surface area contributed by atoms with Crippen LogP contribution in [0.15, 0.2) is 53.6 Å². The van der Waals surface area contributed by atoms with Crippen molar-refractivity contribution in [1.29, 1.82) is 0 Å². The van der Waals surface area contributed by atoms with Crippen molar-refractivity contribution in [3.63, 3.8) is 0 Å². The molecule has 0 spiro atoms. The van der Waals surface area contributed by atoms with E-state index in [-0.39, 0.29) is 29.9 Å². The number of halogens is 2. The van der Waals surface area contributed by atoms with E-state index in [2.05, 4.69) is 4.98 Å². The lowest BCUT2D eigenvalue weighted by atomic mass is 9.95. The van der Waals surface area contributed by atoms with Crippen molar-refractivity contribution in [1.82, 2.24) is 14.3 Å². The van der Waals surface area contributed by atoms with Gasteiger partial charge in [0.15, 0.2) is 11.6 Å². The van der Waals surface area contributed by atoms with Gasteiger partial charge in [0, 0.05) is 30.7 Å². The standard InChI is InChI=1S/C22H17F2N3O3/c1-26(22(29)12-5-7-27-6-3-2-4-18(12)27)19-11-30-10-17-20(19)13-8-15(23)16(24)9-14(13)21(28)25-17/h2-9,19H,10-11H2,1H3,(H,25,28)/t19-/m1/s1. The monoisotopic (exact) mass is 409 g/mol. The highest BCUT2D eigenvalue weighted by Crippen LogP contribution is 2.34. The molecule has 3 aromatic heterocycles. The van der Waals surface area contributed by atoms with Gasteiger partial charge in [-0.05, 0) is 35.7 Å². The second kappa shape index (κ2) is 6.77. The third-order valence-corrected chi connectivity index (χ3v) is 5.63. The molecule has 0 saturated heterocycles. The Balaban J connectivity index is 1.65. The van der Waals surface area contributed by atoms with E-state index in [0.29, 0.717) is 16.8 Å². The zero-order valence-electron chi connectivity index (χ0n) is 16.0. The normalized spacial score (nSPS) is 16.0. The molecule has 4 aromatic rings. The topological polar surface area (TPSA) is 66.8 Å². The molecule has 0 fully saturated rings. The average Bonchev–Trinajstić information content (AvgIpc) is 3.18. The fraction of sp³-hybridized carbons (Fsp3) is 0.182. The van der Waals surface area contributed by atoms with Gasteiger partial charge in [0.2, 0.25) is 0 Å². The molecule has 1 amide bonds. The summed E-state index contributed by atoms with van der Waals surface area (Å²) in [5.41, 5.74) is 1.76. The van der Waals surface area contributed by atoms with Gasteiger partial charge in [0.25, 0.3) is 11.5 Å². The van der Waals surface area contributed by atoms with E-state index < -0.39 is 23.2 Å². The van der Waals surface area contributed by atoms with Gasteiger partial charge in [-0.2, -0.15) is 0 Å². The Labute approximate surface area is 169 Å². The van der Waals surface area contributed by atoms with Gasteiger partial charge in [0.1, 0.15) is 0 Å². The first-order valence-electron chi connectivity index (χ1n) is 9.40. The zero-order valence-corrected chi connectivity index (χ0v) is 16.0. The quantitative estimate of drug-likeness (QED) is 0.552. The predicted molar refractivity (Wildman–Crippen MR) is 106 cm³/mol. The summed E-state index contributed by atoms with van der Waals surface area (Å²) in [5.74, 6) is -2.39. The van der Waals surface area contributed by atoms with E-state index in [0.717, 1.165) is 17.6 Å². The molecule has 30 heavy (non-hydrogen) atoms. The lowest BCUT2D eigenvalue weighted by Gasteiger charge is -2.33. The fourth-order valence-corrected chi connectivity index (χ4v) is 4.11. The van der Waals surface area contributed by atoms with Crippen molar-refractivity contribution in [3.05, 3.63) is 87.6 Å². The minimum absolute atomic E-state index is 0.0368.